The van der Waals surface area contributed by atoms with Crippen LogP contribution in [0.5, 0.6) is 0 Å². The van der Waals surface area contributed by atoms with Crippen LogP contribution < -0.4 is 0 Å². The van der Waals surface area contributed by atoms with E-state index in [0.29, 0.717) is 5.41 Å². The van der Waals surface area contributed by atoms with E-state index in [-0.39, 0.29) is 0 Å². The zero-order valence-electron chi connectivity index (χ0n) is 12.5. The molecule has 1 saturated heterocycles. The first kappa shape index (κ1) is 15.7. The summed E-state index contributed by atoms with van der Waals surface area (Å²) in [5.74, 6) is 1.03. The summed E-state index contributed by atoms with van der Waals surface area (Å²) in [6.07, 6.45) is 11.3. The van der Waals surface area contributed by atoms with Gasteiger partial charge in [0.25, 0.3) is 0 Å². The zero-order valence-corrected chi connectivity index (χ0v) is 13.4. The maximum absolute atomic E-state index is 10.2. The van der Waals surface area contributed by atoms with Crippen molar-refractivity contribution in [3.05, 3.63) is 0 Å². The largest absolute Gasteiger partial charge is 0.390 e. The van der Waals surface area contributed by atoms with E-state index in [1.165, 1.54) is 45.1 Å². The second kappa shape index (κ2) is 6.82. The highest BCUT2D eigenvalue weighted by Crippen LogP contribution is 2.37. The topological polar surface area (TPSA) is 23.5 Å². The van der Waals surface area contributed by atoms with E-state index >= 15 is 0 Å². The van der Waals surface area contributed by atoms with Crippen molar-refractivity contribution in [1.29, 1.82) is 0 Å². The first-order valence-electron chi connectivity index (χ1n) is 8.11. The zero-order chi connectivity index (χ0) is 13.8. The van der Waals surface area contributed by atoms with Crippen LogP contribution >= 0.6 is 12.6 Å². The standard InChI is InChI=1S/C16H31NOS/c1-15(18)7-6-11-17(12-10-15)13-16(14-19)8-4-2-3-5-9-16/h18-19H,2-14H2,1H3. The number of thiol groups is 1. The van der Waals surface area contributed by atoms with Crippen molar-refractivity contribution >= 4 is 12.6 Å². The number of rotatable bonds is 3. The van der Waals surface area contributed by atoms with Crippen LogP contribution in [0.3, 0.4) is 0 Å². The highest BCUT2D eigenvalue weighted by Gasteiger charge is 2.33. The summed E-state index contributed by atoms with van der Waals surface area (Å²) in [5.41, 5.74) is 0.00212. The number of likely N-dealkylation sites (tertiary alicyclic amines) is 1. The number of hydrogen-bond acceptors (Lipinski definition) is 3. The maximum Gasteiger partial charge on any atom is 0.0632 e. The van der Waals surface area contributed by atoms with Crippen LogP contribution in [0.1, 0.15) is 64.7 Å². The first-order chi connectivity index (χ1) is 9.05. The van der Waals surface area contributed by atoms with Gasteiger partial charge in [0.2, 0.25) is 0 Å². The SMILES string of the molecule is CC1(O)CCCN(CC2(CS)CCCCCC2)CC1. The van der Waals surface area contributed by atoms with Gasteiger partial charge in [0.15, 0.2) is 0 Å². The van der Waals surface area contributed by atoms with Crippen molar-refractivity contribution in [2.45, 2.75) is 70.3 Å². The number of nitrogens with zero attached hydrogens (tertiary/aromatic N) is 1. The number of hydrogen-bond donors (Lipinski definition) is 2. The molecule has 0 aromatic rings. The molecule has 1 heterocycles. The Bertz CT molecular complexity index is 272. The first-order valence-corrected chi connectivity index (χ1v) is 8.74. The lowest BCUT2D eigenvalue weighted by molar-refractivity contribution is 0.0427. The molecule has 2 nitrogen and oxygen atoms in total. The molecule has 1 N–H and O–H groups in total. The fourth-order valence-corrected chi connectivity index (χ4v) is 4.21. The summed E-state index contributed by atoms with van der Waals surface area (Å²) < 4.78 is 0. The minimum atomic E-state index is -0.438. The van der Waals surface area contributed by atoms with Gasteiger partial charge in [-0.15, -0.1) is 0 Å². The highest BCUT2D eigenvalue weighted by atomic mass is 32.1. The smallest absolute Gasteiger partial charge is 0.0632 e. The van der Waals surface area contributed by atoms with Crippen molar-refractivity contribution in [1.82, 2.24) is 4.90 Å². The van der Waals surface area contributed by atoms with Gasteiger partial charge in [0.05, 0.1) is 5.60 Å². The van der Waals surface area contributed by atoms with E-state index in [4.69, 9.17) is 0 Å². The summed E-state index contributed by atoms with van der Waals surface area (Å²) in [5, 5.41) is 10.2. The average molecular weight is 285 g/mol. The molecule has 2 aliphatic rings. The molecule has 112 valence electrons. The van der Waals surface area contributed by atoms with Crippen molar-refractivity contribution in [2.75, 3.05) is 25.4 Å². The van der Waals surface area contributed by atoms with Crippen LogP contribution in [0.2, 0.25) is 0 Å². The Morgan fingerprint density at radius 2 is 1.63 bits per heavy atom. The summed E-state index contributed by atoms with van der Waals surface area (Å²) in [6.45, 7) is 5.41. The normalized spacial score (nSPS) is 33.6. The molecule has 1 aliphatic carbocycles. The molecule has 0 spiro atoms. The van der Waals surface area contributed by atoms with Crippen molar-refractivity contribution < 1.29 is 5.11 Å². The Labute approximate surface area is 124 Å². The maximum atomic E-state index is 10.2. The molecule has 1 aliphatic heterocycles. The van der Waals surface area contributed by atoms with Gasteiger partial charge in [0.1, 0.15) is 0 Å². The van der Waals surface area contributed by atoms with Gasteiger partial charge in [-0.2, -0.15) is 12.6 Å². The van der Waals surface area contributed by atoms with E-state index in [1.807, 2.05) is 6.92 Å². The average Bonchev–Trinajstić information content (AvgIpc) is 2.70. The van der Waals surface area contributed by atoms with Crippen LogP contribution in [0.15, 0.2) is 0 Å². The molecule has 19 heavy (non-hydrogen) atoms. The molecular formula is C16H31NOS. The van der Waals surface area contributed by atoms with Gasteiger partial charge in [-0.3, -0.25) is 0 Å². The molecule has 1 unspecified atom stereocenters. The highest BCUT2D eigenvalue weighted by molar-refractivity contribution is 7.80. The summed E-state index contributed by atoms with van der Waals surface area (Å²) in [6, 6.07) is 0. The molecular weight excluding hydrogens is 254 g/mol. The quantitative estimate of drug-likeness (QED) is 0.612. The lowest BCUT2D eigenvalue weighted by Gasteiger charge is -2.37. The second-order valence-corrected chi connectivity index (χ2v) is 7.52. The third kappa shape index (κ3) is 4.64. The molecule has 0 amide bonds. The van der Waals surface area contributed by atoms with Gasteiger partial charge in [-0.05, 0) is 56.7 Å². The molecule has 2 rings (SSSR count). The molecule has 3 heteroatoms. The predicted octanol–water partition coefficient (Wildman–Crippen LogP) is 3.49. The lowest BCUT2D eigenvalue weighted by Crippen LogP contribution is -2.40. The van der Waals surface area contributed by atoms with Crippen molar-refractivity contribution in [3.63, 3.8) is 0 Å². The monoisotopic (exact) mass is 285 g/mol. The van der Waals surface area contributed by atoms with Crippen LogP contribution in [0.25, 0.3) is 0 Å². The Balaban J connectivity index is 1.93. The summed E-state index contributed by atoms with van der Waals surface area (Å²) in [7, 11) is 0. The fourth-order valence-electron chi connectivity index (χ4n) is 3.80. The van der Waals surface area contributed by atoms with Crippen LogP contribution in [0, 0.1) is 5.41 Å². The molecule has 0 radical (unpaired) electrons. The molecule has 1 atom stereocenters. The van der Waals surface area contributed by atoms with E-state index in [9.17, 15) is 5.11 Å². The Morgan fingerprint density at radius 1 is 0.947 bits per heavy atom. The van der Waals surface area contributed by atoms with Gasteiger partial charge in [0, 0.05) is 13.1 Å². The van der Waals surface area contributed by atoms with E-state index in [0.717, 1.165) is 38.1 Å². The molecule has 2 fully saturated rings. The van der Waals surface area contributed by atoms with Gasteiger partial charge < -0.3 is 10.0 Å². The van der Waals surface area contributed by atoms with Crippen LogP contribution in [0.4, 0.5) is 0 Å². The Morgan fingerprint density at radius 3 is 2.26 bits per heavy atom. The van der Waals surface area contributed by atoms with E-state index < -0.39 is 5.60 Å². The summed E-state index contributed by atoms with van der Waals surface area (Å²) >= 11 is 4.68. The van der Waals surface area contributed by atoms with Crippen molar-refractivity contribution in [3.8, 4) is 0 Å². The van der Waals surface area contributed by atoms with Gasteiger partial charge in [-0.1, -0.05) is 25.7 Å². The van der Waals surface area contributed by atoms with E-state index in [2.05, 4.69) is 17.5 Å². The lowest BCUT2D eigenvalue weighted by atomic mass is 9.81. The third-order valence-electron chi connectivity index (χ3n) is 5.21. The van der Waals surface area contributed by atoms with Gasteiger partial charge in [-0.25, -0.2) is 0 Å². The third-order valence-corrected chi connectivity index (χ3v) is 5.89. The fraction of sp³-hybridized carbons (Fsp3) is 1.00. The summed E-state index contributed by atoms with van der Waals surface area (Å²) in [4.78, 5) is 2.60. The minimum absolute atomic E-state index is 0.438. The predicted molar refractivity (Wildman–Crippen MR) is 84.9 cm³/mol. The Hall–Kier alpha value is 0.270. The van der Waals surface area contributed by atoms with Crippen LogP contribution in [-0.2, 0) is 0 Å². The van der Waals surface area contributed by atoms with Crippen LogP contribution in [-0.4, -0.2) is 41.0 Å². The molecule has 0 aromatic carbocycles. The Kier molecular flexibility index (Phi) is 5.62. The van der Waals surface area contributed by atoms with Crippen molar-refractivity contribution in [2.24, 2.45) is 5.41 Å². The molecule has 0 bridgehead atoms. The minimum Gasteiger partial charge on any atom is -0.390 e. The number of aliphatic hydroxyl groups is 1. The van der Waals surface area contributed by atoms with E-state index in [1.54, 1.807) is 0 Å². The van der Waals surface area contributed by atoms with Gasteiger partial charge >= 0.3 is 0 Å². The molecule has 1 saturated carbocycles. The molecule has 0 aromatic heterocycles. The second-order valence-electron chi connectivity index (χ2n) is 7.20.